The van der Waals surface area contributed by atoms with Crippen LogP contribution in [-0.4, -0.2) is 20.2 Å². The smallest absolute Gasteiger partial charge is 0.222 e. The number of para-hydroxylation sites is 2. The van der Waals surface area contributed by atoms with Gasteiger partial charge in [-0.3, -0.25) is 0 Å². The Morgan fingerprint density at radius 1 is 0.850 bits per heavy atom. The van der Waals surface area contributed by atoms with Crippen molar-refractivity contribution in [1.29, 1.82) is 0 Å². The van der Waals surface area contributed by atoms with Crippen molar-refractivity contribution in [2.45, 2.75) is 0 Å². The van der Waals surface area contributed by atoms with Crippen LogP contribution in [0.25, 0.3) is 21.8 Å². The lowest BCUT2D eigenvalue weighted by Crippen LogP contribution is -1.96. The average molecular weight is 261 g/mol. The van der Waals surface area contributed by atoms with Crippen molar-refractivity contribution in [2.75, 3.05) is 5.32 Å². The molecule has 2 N–H and O–H groups in total. The highest BCUT2D eigenvalue weighted by Gasteiger charge is 2.09. The lowest BCUT2D eigenvalue weighted by Gasteiger charge is -2.11. The summed E-state index contributed by atoms with van der Waals surface area (Å²) >= 11 is 0. The largest absolute Gasteiger partial charge is 0.323 e. The molecule has 0 aliphatic heterocycles. The molecule has 0 radical (unpaired) electrons. The number of nitrogens with one attached hydrogen (secondary N) is 2. The summed E-state index contributed by atoms with van der Waals surface area (Å²) in [6.07, 6.45) is 1.48. The van der Waals surface area contributed by atoms with Crippen LogP contribution < -0.4 is 5.32 Å². The van der Waals surface area contributed by atoms with Crippen LogP contribution in [0.2, 0.25) is 0 Å². The molecule has 0 amide bonds. The van der Waals surface area contributed by atoms with Gasteiger partial charge in [0.1, 0.15) is 6.33 Å². The van der Waals surface area contributed by atoms with Crippen LogP contribution in [0.5, 0.6) is 0 Å². The molecule has 0 aliphatic rings. The van der Waals surface area contributed by atoms with Crippen LogP contribution in [0.1, 0.15) is 0 Å². The number of aromatic amines is 1. The van der Waals surface area contributed by atoms with Gasteiger partial charge in [-0.05, 0) is 12.1 Å². The maximum atomic E-state index is 4.68. The Morgan fingerprint density at radius 3 is 2.10 bits per heavy atom. The van der Waals surface area contributed by atoms with E-state index in [1.165, 1.54) is 6.33 Å². The van der Waals surface area contributed by atoms with Crippen molar-refractivity contribution in [3.05, 3.63) is 54.9 Å². The molecule has 0 fully saturated rings. The number of aromatic nitrogens is 4. The first-order chi connectivity index (χ1) is 9.92. The van der Waals surface area contributed by atoms with Crippen molar-refractivity contribution in [2.24, 2.45) is 0 Å². The van der Waals surface area contributed by atoms with Gasteiger partial charge in [0.2, 0.25) is 5.95 Å². The summed E-state index contributed by atoms with van der Waals surface area (Å²) in [6, 6.07) is 16.1. The predicted molar refractivity (Wildman–Crippen MR) is 78.9 cm³/mol. The molecule has 0 atom stereocenters. The standard InChI is InChI=1S/C15H11N5/c1-3-7-12-10(5-1)14(19-15-16-9-17-20-15)11-6-2-4-8-13(11)18-12/h1-9H,(H2,16,17,18,19,20). The molecule has 4 rings (SSSR count). The Morgan fingerprint density at radius 2 is 1.50 bits per heavy atom. The van der Waals surface area contributed by atoms with Crippen molar-refractivity contribution in [3.8, 4) is 0 Å². The first-order valence-corrected chi connectivity index (χ1v) is 6.32. The summed E-state index contributed by atoms with van der Waals surface area (Å²) in [5.74, 6) is 0.617. The van der Waals surface area contributed by atoms with Gasteiger partial charge in [0.15, 0.2) is 0 Å². The normalized spacial score (nSPS) is 11.0. The highest BCUT2D eigenvalue weighted by molar-refractivity contribution is 6.08. The monoisotopic (exact) mass is 261 g/mol. The highest BCUT2D eigenvalue weighted by Crippen LogP contribution is 2.31. The number of hydrogen-bond donors (Lipinski definition) is 2. The van der Waals surface area contributed by atoms with Crippen LogP contribution in [0.3, 0.4) is 0 Å². The summed E-state index contributed by atoms with van der Waals surface area (Å²) in [5.41, 5.74) is 2.89. The van der Waals surface area contributed by atoms with Crippen molar-refractivity contribution in [3.63, 3.8) is 0 Å². The first kappa shape index (κ1) is 10.9. The van der Waals surface area contributed by atoms with Gasteiger partial charge < -0.3 is 5.32 Å². The molecule has 0 saturated carbocycles. The lowest BCUT2D eigenvalue weighted by molar-refractivity contribution is 1.09. The Hall–Kier alpha value is -2.95. The Bertz CT molecular complexity index is 829. The van der Waals surface area contributed by atoms with Crippen LogP contribution in [0, 0.1) is 0 Å². The number of H-pyrrole nitrogens is 1. The van der Waals surface area contributed by atoms with E-state index in [2.05, 4.69) is 25.5 Å². The van der Waals surface area contributed by atoms with E-state index in [1.807, 2.05) is 48.5 Å². The third-order valence-corrected chi connectivity index (χ3v) is 3.25. The SMILES string of the molecule is c1ccc2c(Nc3ncn[nH]3)c3ccccc3nc2c1. The summed E-state index contributed by atoms with van der Waals surface area (Å²) < 4.78 is 0. The third-order valence-electron chi connectivity index (χ3n) is 3.25. The number of pyridine rings is 1. The molecule has 5 heteroatoms. The Kier molecular flexibility index (Phi) is 2.35. The van der Waals surface area contributed by atoms with Gasteiger partial charge in [0, 0.05) is 10.8 Å². The molecule has 2 heterocycles. The van der Waals surface area contributed by atoms with E-state index in [-0.39, 0.29) is 0 Å². The molecule has 4 aromatic rings. The van der Waals surface area contributed by atoms with Gasteiger partial charge in [-0.15, -0.1) is 0 Å². The van der Waals surface area contributed by atoms with Crippen molar-refractivity contribution >= 4 is 33.4 Å². The number of benzene rings is 2. The average Bonchev–Trinajstić information content (AvgIpc) is 3.00. The van der Waals surface area contributed by atoms with E-state index in [4.69, 9.17) is 0 Å². The van der Waals surface area contributed by atoms with Gasteiger partial charge in [-0.2, -0.15) is 10.1 Å². The van der Waals surface area contributed by atoms with Gasteiger partial charge in [-0.25, -0.2) is 10.1 Å². The Balaban J connectivity index is 2.06. The fourth-order valence-corrected chi connectivity index (χ4v) is 2.36. The van der Waals surface area contributed by atoms with Gasteiger partial charge in [-0.1, -0.05) is 36.4 Å². The number of anilines is 2. The summed E-state index contributed by atoms with van der Waals surface area (Å²) in [4.78, 5) is 8.81. The molecule has 5 nitrogen and oxygen atoms in total. The molecule has 0 spiro atoms. The molecule has 20 heavy (non-hydrogen) atoms. The van der Waals surface area contributed by atoms with Crippen LogP contribution in [0.4, 0.5) is 11.6 Å². The molecule has 0 aliphatic carbocycles. The minimum absolute atomic E-state index is 0.617. The minimum Gasteiger partial charge on any atom is -0.323 e. The van der Waals surface area contributed by atoms with Gasteiger partial charge in [0.25, 0.3) is 0 Å². The number of nitrogens with zero attached hydrogens (tertiary/aromatic N) is 3. The number of fused-ring (bicyclic) bond motifs is 2. The fraction of sp³-hybridized carbons (Fsp3) is 0. The minimum atomic E-state index is 0.617. The van der Waals surface area contributed by atoms with E-state index in [0.717, 1.165) is 27.5 Å². The number of hydrogen-bond acceptors (Lipinski definition) is 4. The van der Waals surface area contributed by atoms with Crippen LogP contribution in [-0.2, 0) is 0 Å². The molecular formula is C15H11N5. The fourth-order valence-electron chi connectivity index (χ4n) is 2.36. The topological polar surface area (TPSA) is 66.5 Å². The van der Waals surface area contributed by atoms with Crippen LogP contribution in [0.15, 0.2) is 54.9 Å². The molecule has 96 valence electrons. The lowest BCUT2D eigenvalue weighted by atomic mass is 10.1. The molecular weight excluding hydrogens is 250 g/mol. The van der Waals surface area contributed by atoms with E-state index in [1.54, 1.807) is 0 Å². The van der Waals surface area contributed by atoms with Gasteiger partial charge in [0.05, 0.1) is 16.7 Å². The molecule has 2 aromatic heterocycles. The first-order valence-electron chi connectivity index (χ1n) is 6.32. The molecule has 2 aromatic carbocycles. The summed E-state index contributed by atoms with van der Waals surface area (Å²) in [7, 11) is 0. The molecule has 0 saturated heterocycles. The second-order valence-electron chi connectivity index (χ2n) is 4.48. The summed E-state index contributed by atoms with van der Waals surface area (Å²) in [5, 5.41) is 12.1. The van der Waals surface area contributed by atoms with Gasteiger partial charge >= 0.3 is 0 Å². The van der Waals surface area contributed by atoms with E-state index >= 15 is 0 Å². The molecule has 0 bridgehead atoms. The quantitative estimate of drug-likeness (QED) is 0.543. The molecule has 0 unspecified atom stereocenters. The number of rotatable bonds is 2. The van der Waals surface area contributed by atoms with E-state index in [9.17, 15) is 0 Å². The Labute approximate surface area is 114 Å². The zero-order chi connectivity index (χ0) is 13.4. The second-order valence-corrected chi connectivity index (χ2v) is 4.48. The highest BCUT2D eigenvalue weighted by atomic mass is 15.3. The third kappa shape index (κ3) is 1.68. The van der Waals surface area contributed by atoms with E-state index in [0.29, 0.717) is 5.95 Å². The predicted octanol–water partition coefficient (Wildman–Crippen LogP) is 3.25. The van der Waals surface area contributed by atoms with Crippen LogP contribution >= 0.6 is 0 Å². The summed E-state index contributed by atoms with van der Waals surface area (Å²) in [6.45, 7) is 0. The van der Waals surface area contributed by atoms with Crippen molar-refractivity contribution in [1.82, 2.24) is 20.2 Å². The maximum Gasteiger partial charge on any atom is 0.222 e. The maximum absolute atomic E-state index is 4.68. The zero-order valence-corrected chi connectivity index (χ0v) is 10.5. The van der Waals surface area contributed by atoms with Crippen molar-refractivity contribution < 1.29 is 0 Å². The second kappa shape index (κ2) is 4.31. The van der Waals surface area contributed by atoms with E-state index < -0.39 is 0 Å². The zero-order valence-electron chi connectivity index (χ0n) is 10.5.